The van der Waals surface area contributed by atoms with Gasteiger partial charge in [-0.3, -0.25) is 4.90 Å². The SMILES string of the molecule is CCN(CC)C(CN)c1cc(Cl)cs1. The molecule has 1 rings (SSSR count). The molecule has 1 unspecified atom stereocenters. The highest BCUT2D eigenvalue weighted by Crippen LogP contribution is 2.28. The zero-order valence-corrected chi connectivity index (χ0v) is 10.2. The molecule has 1 aromatic rings. The summed E-state index contributed by atoms with van der Waals surface area (Å²) in [5.41, 5.74) is 5.79. The van der Waals surface area contributed by atoms with Crippen LogP contribution in [0.5, 0.6) is 0 Å². The zero-order chi connectivity index (χ0) is 10.6. The number of nitrogens with two attached hydrogens (primary N) is 1. The number of nitrogens with zero attached hydrogens (tertiary/aromatic N) is 1. The Labute approximate surface area is 94.7 Å². The molecule has 0 spiro atoms. The zero-order valence-electron chi connectivity index (χ0n) is 8.66. The number of hydrogen-bond donors (Lipinski definition) is 1. The lowest BCUT2D eigenvalue weighted by Gasteiger charge is -2.27. The van der Waals surface area contributed by atoms with Gasteiger partial charge in [0, 0.05) is 16.8 Å². The van der Waals surface area contributed by atoms with Gasteiger partial charge in [-0.15, -0.1) is 11.3 Å². The Balaban J connectivity index is 2.80. The highest BCUT2D eigenvalue weighted by atomic mass is 35.5. The topological polar surface area (TPSA) is 29.3 Å². The molecular formula is C10H17ClN2S. The second-order valence-corrected chi connectivity index (χ2v) is 4.52. The van der Waals surface area contributed by atoms with Crippen molar-refractivity contribution in [2.75, 3.05) is 19.6 Å². The van der Waals surface area contributed by atoms with Gasteiger partial charge in [-0.05, 0) is 19.2 Å². The second-order valence-electron chi connectivity index (χ2n) is 3.14. The van der Waals surface area contributed by atoms with Crippen LogP contribution in [-0.4, -0.2) is 24.5 Å². The first-order valence-corrected chi connectivity index (χ1v) is 6.16. The normalized spacial score (nSPS) is 13.5. The van der Waals surface area contributed by atoms with E-state index in [0.29, 0.717) is 12.6 Å². The molecule has 80 valence electrons. The average molecular weight is 233 g/mol. The molecule has 0 saturated heterocycles. The largest absolute Gasteiger partial charge is 0.329 e. The predicted octanol–water partition coefficient (Wildman–Crippen LogP) is 2.74. The third-order valence-electron chi connectivity index (χ3n) is 2.39. The highest BCUT2D eigenvalue weighted by molar-refractivity contribution is 7.10. The van der Waals surface area contributed by atoms with Crippen molar-refractivity contribution in [3.8, 4) is 0 Å². The molecule has 0 aliphatic heterocycles. The van der Waals surface area contributed by atoms with Gasteiger partial charge in [0.25, 0.3) is 0 Å². The van der Waals surface area contributed by atoms with E-state index < -0.39 is 0 Å². The molecule has 14 heavy (non-hydrogen) atoms. The van der Waals surface area contributed by atoms with E-state index in [1.54, 1.807) is 11.3 Å². The fourth-order valence-electron chi connectivity index (χ4n) is 1.61. The van der Waals surface area contributed by atoms with Crippen molar-refractivity contribution in [1.82, 2.24) is 4.90 Å². The van der Waals surface area contributed by atoms with Crippen LogP contribution >= 0.6 is 22.9 Å². The van der Waals surface area contributed by atoms with Crippen LogP contribution in [0, 0.1) is 0 Å². The van der Waals surface area contributed by atoms with Crippen molar-refractivity contribution < 1.29 is 0 Å². The van der Waals surface area contributed by atoms with Gasteiger partial charge in [-0.1, -0.05) is 25.4 Å². The first-order valence-electron chi connectivity index (χ1n) is 4.90. The average Bonchev–Trinajstić information content (AvgIpc) is 2.60. The van der Waals surface area contributed by atoms with Crippen molar-refractivity contribution >= 4 is 22.9 Å². The lowest BCUT2D eigenvalue weighted by atomic mass is 10.2. The number of rotatable bonds is 5. The van der Waals surface area contributed by atoms with Crippen LogP contribution in [0.2, 0.25) is 5.02 Å². The van der Waals surface area contributed by atoms with Crippen molar-refractivity contribution in [1.29, 1.82) is 0 Å². The molecule has 1 aromatic heterocycles. The summed E-state index contributed by atoms with van der Waals surface area (Å²) >= 11 is 7.59. The van der Waals surface area contributed by atoms with Crippen molar-refractivity contribution in [2.45, 2.75) is 19.9 Å². The molecule has 0 radical (unpaired) electrons. The molecule has 4 heteroatoms. The van der Waals surface area contributed by atoms with Gasteiger partial charge >= 0.3 is 0 Å². The summed E-state index contributed by atoms with van der Waals surface area (Å²) in [6.45, 7) is 7.00. The predicted molar refractivity (Wildman–Crippen MR) is 64.0 cm³/mol. The van der Waals surface area contributed by atoms with E-state index in [4.69, 9.17) is 17.3 Å². The van der Waals surface area contributed by atoms with Crippen molar-refractivity contribution in [3.05, 3.63) is 21.3 Å². The molecule has 0 aliphatic rings. The molecule has 0 aromatic carbocycles. The van der Waals surface area contributed by atoms with Crippen LogP contribution in [0.4, 0.5) is 0 Å². The third kappa shape index (κ3) is 2.70. The Morgan fingerprint density at radius 3 is 2.50 bits per heavy atom. The van der Waals surface area contributed by atoms with Gasteiger partial charge in [0.15, 0.2) is 0 Å². The molecule has 0 fully saturated rings. The van der Waals surface area contributed by atoms with Gasteiger partial charge < -0.3 is 5.73 Å². The summed E-state index contributed by atoms with van der Waals surface area (Å²) in [4.78, 5) is 3.61. The van der Waals surface area contributed by atoms with Crippen LogP contribution in [0.1, 0.15) is 24.8 Å². The van der Waals surface area contributed by atoms with Gasteiger partial charge in [0.05, 0.1) is 11.1 Å². The van der Waals surface area contributed by atoms with Crippen molar-refractivity contribution in [3.63, 3.8) is 0 Å². The lowest BCUT2D eigenvalue weighted by Crippen LogP contribution is -2.32. The maximum Gasteiger partial charge on any atom is 0.0564 e. The fraction of sp³-hybridized carbons (Fsp3) is 0.600. The molecule has 0 aliphatic carbocycles. The summed E-state index contributed by atoms with van der Waals surface area (Å²) in [6, 6.07) is 2.34. The highest BCUT2D eigenvalue weighted by Gasteiger charge is 2.17. The minimum absolute atomic E-state index is 0.322. The molecule has 0 amide bonds. The summed E-state index contributed by atoms with van der Waals surface area (Å²) in [6.07, 6.45) is 0. The fourth-order valence-corrected chi connectivity index (χ4v) is 2.84. The Kier molecular flexibility index (Phi) is 4.89. The standard InChI is InChI=1S/C10H17ClN2S/c1-3-13(4-2)9(6-12)10-5-8(11)7-14-10/h5,7,9H,3-4,6,12H2,1-2H3. The van der Waals surface area contributed by atoms with Crippen LogP contribution < -0.4 is 5.73 Å². The number of halogens is 1. The third-order valence-corrected chi connectivity index (χ3v) is 3.77. The summed E-state index contributed by atoms with van der Waals surface area (Å²) in [5, 5.41) is 2.78. The van der Waals surface area contributed by atoms with E-state index in [9.17, 15) is 0 Å². The van der Waals surface area contributed by atoms with Crippen LogP contribution in [0.3, 0.4) is 0 Å². The molecule has 0 bridgehead atoms. The van der Waals surface area contributed by atoms with E-state index in [-0.39, 0.29) is 0 Å². The molecule has 2 N–H and O–H groups in total. The summed E-state index contributed by atoms with van der Waals surface area (Å²) in [7, 11) is 0. The van der Waals surface area contributed by atoms with E-state index in [1.807, 2.05) is 11.4 Å². The molecular weight excluding hydrogens is 216 g/mol. The van der Waals surface area contributed by atoms with Crippen LogP contribution in [0.15, 0.2) is 11.4 Å². The molecule has 2 nitrogen and oxygen atoms in total. The summed E-state index contributed by atoms with van der Waals surface area (Å²) < 4.78 is 0. The molecule has 1 atom stereocenters. The first-order chi connectivity index (χ1) is 6.72. The minimum Gasteiger partial charge on any atom is -0.329 e. The summed E-state index contributed by atoms with van der Waals surface area (Å²) in [5.74, 6) is 0. The van der Waals surface area contributed by atoms with Crippen LogP contribution in [0.25, 0.3) is 0 Å². The maximum absolute atomic E-state index is 5.90. The van der Waals surface area contributed by atoms with Gasteiger partial charge in [0.1, 0.15) is 0 Å². The van der Waals surface area contributed by atoms with E-state index in [1.165, 1.54) is 4.88 Å². The maximum atomic E-state index is 5.90. The van der Waals surface area contributed by atoms with Crippen molar-refractivity contribution in [2.24, 2.45) is 5.73 Å². The Hall–Kier alpha value is -0.0900. The quantitative estimate of drug-likeness (QED) is 0.846. The van der Waals surface area contributed by atoms with Gasteiger partial charge in [-0.25, -0.2) is 0 Å². The number of hydrogen-bond acceptors (Lipinski definition) is 3. The van der Waals surface area contributed by atoms with E-state index in [2.05, 4.69) is 18.7 Å². The van der Waals surface area contributed by atoms with Crippen LogP contribution in [-0.2, 0) is 0 Å². The molecule has 1 heterocycles. The Morgan fingerprint density at radius 1 is 1.50 bits per heavy atom. The smallest absolute Gasteiger partial charge is 0.0564 e. The van der Waals surface area contributed by atoms with Gasteiger partial charge in [0.2, 0.25) is 0 Å². The molecule has 0 saturated carbocycles. The minimum atomic E-state index is 0.322. The van der Waals surface area contributed by atoms with E-state index >= 15 is 0 Å². The number of likely N-dealkylation sites (N-methyl/N-ethyl adjacent to an activating group) is 1. The van der Waals surface area contributed by atoms with E-state index in [0.717, 1.165) is 18.1 Å². The monoisotopic (exact) mass is 232 g/mol. The Bertz CT molecular complexity index is 271. The second kappa shape index (κ2) is 5.71. The van der Waals surface area contributed by atoms with Gasteiger partial charge in [-0.2, -0.15) is 0 Å². The lowest BCUT2D eigenvalue weighted by molar-refractivity contribution is 0.227. The first kappa shape index (κ1) is 12.0. The Morgan fingerprint density at radius 2 is 2.14 bits per heavy atom. The number of thiophene rings is 1.